The second-order valence-corrected chi connectivity index (χ2v) is 6.90. The van der Waals surface area contributed by atoms with Gasteiger partial charge in [0.1, 0.15) is 0 Å². The van der Waals surface area contributed by atoms with Gasteiger partial charge in [-0.25, -0.2) is 0 Å². The third-order valence-corrected chi connectivity index (χ3v) is 5.25. The first-order valence-corrected chi connectivity index (χ1v) is 9.25. The van der Waals surface area contributed by atoms with Crippen LogP contribution in [-0.4, -0.2) is 67.6 Å². The second kappa shape index (κ2) is 8.60. The van der Waals surface area contributed by atoms with Gasteiger partial charge in [0.25, 0.3) is 0 Å². The lowest BCUT2D eigenvalue weighted by Gasteiger charge is -2.33. The maximum Gasteiger partial charge on any atom is 0.237 e. The lowest BCUT2D eigenvalue weighted by Crippen LogP contribution is -2.48. The van der Waals surface area contributed by atoms with Gasteiger partial charge in [0.05, 0.1) is 6.04 Å². The van der Waals surface area contributed by atoms with E-state index in [4.69, 9.17) is 0 Å². The normalized spacial score (nSPS) is 20.4. The highest BCUT2D eigenvalue weighted by atomic mass is 16.2. The van der Waals surface area contributed by atoms with Crippen LogP contribution in [0.3, 0.4) is 0 Å². The van der Waals surface area contributed by atoms with Crippen LogP contribution in [0, 0.1) is 0 Å². The van der Waals surface area contributed by atoms with Gasteiger partial charge in [0.2, 0.25) is 5.91 Å². The van der Waals surface area contributed by atoms with Crippen LogP contribution in [-0.2, 0) is 17.8 Å². The molecule has 1 aromatic carbocycles. The van der Waals surface area contributed by atoms with Gasteiger partial charge in [-0.1, -0.05) is 24.3 Å². The Balaban J connectivity index is 1.39. The highest BCUT2D eigenvalue weighted by Crippen LogP contribution is 2.20. The summed E-state index contributed by atoms with van der Waals surface area (Å²) < 4.78 is 0. The minimum absolute atomic E-state index is 0.0578. The van der Waals surface area contributed by atoms with Gasteiger partial charge in [-0.15, -0.1) is 0 Å². The van der Waals surface area contributed by atoms with Crippen molar-refractivity contribution in [2.75, 3.05) is 45.8 Å². The first kappa shape index (κ1) is 17.4. The molecule has 0 aliphatic carbocycles. The van der Waals surface area contributed by atoms with Crippen molar-refractivity contribution >= 4 is 5.91 Å². The van der Waals surface area contributed by atoms with Gasteiger partial charge < -0.3 is 15.5 Å². The number of amides is 1. The molecule has 3 rings (SSSR count). The number of benzene rings is 1. The third-order valence-electron chi connectivity index (χ3n) is 5.25. The van der Waals surface area contributed by atoms with Crippen LogP contribution in [0.2, 0.25) is 0 Å². The molecule has 2 N–H and O–H groups in total. The lowest BCUT2D eigenvalue weighted by atomic mass is 9.99. The fraction of sp³-hybridized carbons (Fsp3) is 0.632. The Labute approximate surface area is 145 Å². The lowest BCUT2D eigenvalue weighted by molar-refractivity contribution is -0.126. The van der Waals surface area contributed by atoms with E-state index in [9.17, 15) is 4.79 Å². The predicted molar refractivity (Wildman–Crippen MR) is 97.0 cm³/mol. The zero-order valence-corrected chi connectivity index (χ0v) is 14.8. The molecular weight excluding hydrogens is 300 g/mol. The van der Waals surface area contributed by atoms with Crippen LogP contribution in [0.5, 0.6) is 0 Å². The van der Waals surface area contributed by atoms with Crippen molar-refractivity contribution in [3.8, 4) is 0 Å². The quantitative estimate of drug-likeness (QED) is 0.759. The summed E-state index contributed by atoms with van der Waals surface area (Å²) in [5.41, 5.74) is 2.79. The van der Waals surface area contributed by atoms with E-state index >= 15 is 0 Å². The first-order chi connectivity index (χ1) is 11.7. The monoisotopic (exact) mass is 330 g/mol. The van der Waals surface area contributed by atoms with Crippen LogP contribution in [0.25, 0.3) is 0 Å². The molecule has 24 heavy (non-hydrogen) atoms. The molecule has 1 amide bonds. The van der Waals surface area contributed by atoms with Crippen molar-refractivity contribution in [1.29, 1.82) is 0 Å². The molecule has 1 unspecified atom stereocenters. The number of carbonyl (C=O) groups is 1. The molecule has 5 nitrogen and oxygen atoms in total. The van der Waals surface area contributed by atoms with E-state index in [1.807, 2.05) is 6.92 Å². The Hall–Kier alpha value is -1.43. The molecule has 1 atom stereocenters. The fourth-order valence-corrected chi connectivity index (χ4v) is 3.61. The summed E-state index contributed by atoms with van der Waals surface area (Å²) in [5, 5.41) is 6.49. The molecule has 0 aromatic heterocycles. The summed E-state index contributed by atoms with van der Waals surface area (Å²) >= 11 is 0. The Morgan fingerprint density at radius 1 is 1.21 bits per heavy atom. The number of hydrogen-bond acceptors (Lipinski definition) is 4. The Morgan fingerprint density at radius 2 is 1.96 bits per heavy atom. The van der Waals surface area contributed by atoms with E-state index in [0.717, 1.165) is 65.2 Å². The smallest absolute Gasteiger partial charge is 0.237 e. The molecule has 0 radical (unpaired) electrons. The molecule has 0 bridgehead atoms. The average Bonchev–Trinajstić information content (AvgIpc) is 2.65. The van der Waals surface area contributed by atoms with Crippen molar-refractivity contribution < 1.29 is 4.79 Å². The summed E-state index contributed by atoms with van der Waals surface area (Å²) in [4.78, 5) is 17.2. The molecule has 2 aliphatic heterocycles. The van der Waals surface area contributed by atoms with Crippen LogP contribution >= 0.6 is 0 Å². The van der Waals surface area contributed by atoms with Crippen LogP contribution < -0.4 is 10.6 Å². The van der Waals surface area contributed by atoms with Gasteiger partial charge in [-0.2, -0.15) is 0 Å². The van der Waals surface area contributed by atoms with Crippen molar-refractivity contribution in [3.05, 3.63) is 35.4 Å². The maximum absolute atomic E-state index is 12.4. The van der Waals surface area contributed by atoms with Gasteiger partial charge in [-0.05, 0) is 37.4 Å². The number of carbonyl (C=O) groups excluding carboxylic acids is 1. The van der Waals surface area contributed by atoms with E-state index in [0.29, 0.717) is 0 Å². The first-order valence-electron chi connectivity index (χ1n) is 9.25. The molecule has 0 spiro atoms. The van der Waals surface area contributed by atoms with E-state index in [1.54, 1.807) is 0 Å². The number of fused-ring (bicyclic) bond motifs is 1. The molecule has 132 valence electrons. The molecule has 1 fully saturated rings. The number of nitrogens with zero attached hydrogens (tertiary/aromatic N) is 2. The van der Waals surface area contributed by atoms with Crippen LogP contribution in [0.4, 0.5) is 0 Å². The zero-order chi connectivity index (χ0) is 16.8. The van der Waals surface area contributed by atoms with E-state index in [2.05, 4.69) is 44.7 Å². The largest absolute Gasteiger partial charge is 0.355 e. The number of hydrogen-bond donors (Lipinski definition) is 2. The van der Waals surface area contributed by atoms with Gasteiger partial charge in [0.15, 0.2) is 0 Å². The molecule has 5 heteroatoms. The van der Waals surface area contributed by atoms with Gasteiger partial charge in [0, 0.05) is 45.8 Å². The highest BCUT2D eigenvalue weighted by molar-refractivity contribution is 5.81. The minimum Gasteiger partial charge on any atom is -0.355 e. The Bertz CT molecular complexity index is 542. The van der Waals surface area contributed by atoms with E-state index in [1.165, 1.54) is 11.1 Å². The highest BCUT2D eigenvalue weighted by Gasteiger charge is 2.24. The summed E-state index contributed by atoms with van der Waals surface area (Å²) in [6.07, 6.45) is 2.07. The number of piperazine rings is 1. The molecule has 1 saturated heterocycles. The minimum atomic E-state index is -0.0578. The van der Waals surface area contributed by atoms with Gasteiger partial charge >= 0.3 is 0 Å². The number of rotatable bonds is 6. The van der Waals surface area contributed by atoms with Crippen LogP contribution in [0.1, 0.15) is 24.5 Å². The topological polar surface area (TPSA) is 47.6 Å². The SMILES string of the molecule is CC(C(=O)NCCCN1CCNCC1)N1CCc2ccccc2C1. The van der Waals surface area contributed by atoms with Crippen molar-refractivity contribution in [2.45, 2.75) is 32.4 Å². The molecular formula is C19H30N4O. The molecule has 2 heterocycles. The Kier molecular flexibility index (Phi) is 6.24. The predicted octanol–water partition coefficient (Wildman–Crippen LogP) is 0.845. The zero-order valence-electron chi connectivity index (χ0n) is 14.8. The average molecular weight is 330 g/mol. The summed E-state index contributed by atoms with van der Waals surface area (Å²) in [5.74, 6) is 0.162. The number of nitrogens with one attached hydrogen (secondary N) is 2. The van der Waals surface area contributed by atoms with Crippen LogP contribution in [0.15, 0.2) is 24.3 Å². The van der Waals surface area contributed by atoms with Crippen molar-refractivity contribution in [1.82, 2.24) is 20.4 Å². The Morgan fingerprint density at radius 3 is 2.75 bits per heavy atom. The third kappa shape index (κ3) is 4.56. The van der Waals surface area contributed by atoms with Crippen molar-refractivity contribution in [2.24, 2.45) is 0 Å². The fourth-order valence-electron chi connectivity index (χ4n) is 3.61. The standard InChI is InChI=1S/C19H30N4O/c1-16(23-12-7-17-5-2-3-6-18(17)15-23)19(24)21-8-4-11-22-13-9-20-10-14-22/h2-3,5-6,16,20H,4,7-15H2,1H3,(H,21,24). The van der Waals surface area contributed by atoms with E-state index in [-0.39, 0.29) is 11.9 Å². The molecule has 2 aliphatic rings. The molecule has 0 saturated carbocycles. The van der Waals surface area contributed by atoms with Crippen molar-refractivity contribution in [3.63, 3.8) is 0 Å². The summed E-state index contributed by atoms with van der Waals surface area (Å²) in [7, 11) is 0. The van der Waals surface area contributed by atoms with E-state index < -0.39 is 0 Å². The summed E-state index contributed by atoms with van der Waals surface area (Å²) in [6.45, 7) is 10.1. The van der Waals surface area contributed by atoms with Gasteiger partial charge in [-0.3, -0.25) is 9.69 Å². The maximum atomic E-state index is 12.4. The molecule has 1 aromatic rings. The summed E-state index contributed by atoms with van der Waals surface area (Å²) in [6, 6.07) is 8.51. The second-order valence-electron chi connectivity index (χ2n) is 6.90.